The fourth-order valence-electron chi connectivity index (χ4n) is 2.28. The van der Waals surface area contributed by atoms with Crippen molar-refractivity contribution in [1.82, 2.24) is 15.0 Å². The van der Waals surface area contributed by atoms with Gasteiger partial charge in [-0.25, -0.2) is 4.98 Å². The van der Waals surface area contributed by atoms with E-state index in [9.17, 15) is 0 Å². The molecule has 0 spiro atoms. The molecule has 0 fully saturated rings. The van der Waals surface area contributed by atoms with E-state index in [1.807, 2.05) is 37.4 Å². The van der Waals surface area contributed by atoms with Crippen LogP contribution in [0.2, 0.25) is 0 Å². The Kier molecular flexibility index (Phi) is 4.03. The van der Waals surface area contributed by atoms with Crippen molar-refractivity contribution in [1.29, 1.82) is 0 Å². The molecule has 5 heteroatoms. The lowest BCUT2D eigenvalue weighted by molar-refractivity contribution is 0.128. The zero-order valence-electron chi connectivity index (χ0n) is 11.7. The first-order chi connectivity index (χ1) is 10.3. The minimum Gasteiger partial charge on any atom is -0.374 e. The molecule has 4 nitrogen and oxygen atoms in total. The first-order valence-electron chi connectivity index (χ1n) is 6.79. The SMILES string of the molecule is CCOCc1nc(=S)cc(-c2cccc3cnccc23)[nH]1. The Hall–Kier alpha value is -2.11. The monoisotopic (exact) mass is 297 g/mol. The molecule has 3 rings (SSSR count). The lowest BCUT2D eigenvalue weighted by Gasteiger charge is -2.09. The summed E-state index contributed by atoms with van der Waals surface area (Å²) < 4.78 is 5.96. The van der Waals surface area contributed by atoms with Crippen LogP contribution >= 0.6 is 12.2 Å². The van der Waals surface area contributed by atoms with Crippen LogP contribution in [-0.4, -0.2) is 21.6 Å². The van der Waals surface area contributed by atoms with Gasteiger partial charge in [-0.05, 0) is 24.4 Å². The van der Waals surface area contributed by atoms with Crippen LogP contribution in [-0.2, 0) is 11.3 Å². The molecule has 0 unspecified atom stereocenters. The Labute approximate surface area is 127 Å². The summed E-state index contributed by atoms with van der Waals surface area (Å²) in [6.07, 6.45) is 3.65. The van der Waals surface area contributed by atoms with Gasteiger partial charge < -0.3 is 9.72 Å². The lowest BCUT2D eigenvalue weighted by atomic mass is 10.0. The van der Waals surface area contributed by atoms with Gasteiger partial charge in [0.05, 0.1) is 5.69 Å². The summed E-state index contributed by atoms with van der Waals surface area (Å²) in [5, 5.41) is 2.23. The molecule has 2 heterocycles. The number of benzene rings is 1. The average molecular weight is 297 g/mol. The number of rotatable bonds is 4. The van der Waals surface area contributed by atoms with Crippen LogP contribution in [0.1, 0.15) is 12.7 Å². The molecular formula is C16H15N3OS. The topological polar surface area (TPSA) is 50.8 Å². The van der Waals surface area contributed by atoms with Crippen molar-refractivity contribution in [2.75, 3.05) is 6.61 Å². The smallest absolute Gasteiger partial charge is 0.134 e. The second kappa shape index (κ2) is 6.11. The third-order valence-electron chi connectivity index (χ3n) is 3.21. The summed E-state index contributed by atoms with van der Waals surface area (Å²) in [6, 6.07) is 10.00. The maximum Gasteiger partial charge on any atom is 0.134 e. The Bertz CT molecular complexity index is 824. The van der Waals surface area contributed by atoms with Gasteiger partial charge in [-0.15, -0.1) is 0 Å². The van der Waals surface area contributed by atoms with E-state index in [2.05, 4.69) is 21.0 Å². The van der Waals surface area contributed by atoms with Crippen LogP contribution in [0.3, 0.4) is 0 Å². The number of ether oxygens (including phenoxy) is 1. The van der Waals surface area contributed by atoms with E-state index in [-0.39, 0.29) is 0 Å². The van der Waals surface area contributed by atoms with Crippen molar-refractivity contribution in [3.05, 3.63) is 53.2 Å². The zero-order valence-corrected chi connectivity index (χ0v) is 12.5. The van der Waals surface area contributed by atoms with Crippen LogP contribution < -0.4 is 0 Å². The minimum absolute atomic E-state index is 0.431. The number of nitrogens with zero attached hydrogens (tertiary/aromatic N) is 2. The van der Waals surface area contributed by atoms with Crippen LogP contribution in [0.5, 0.6) is 0 Å². The molecule has 0 atom stereocenters. The highest BCUT2D eigenvalue weighted by Crippen LogP contribution is 2.26. The third-order valence-corrected chi connectivity index (χ3v) is 3.41. The van der Waals surface area contributed by atoms with Crippen molar-refractivity contribution in [3.8, 4) is 11.3 Å². The molecule has 2 aromatic heterocycles. The molecule has 0 radical (unpaired) electrons. The highest BCUT2D eigenvalue weighted by molar-refractivity contribution is 7.71. The summed E-state index contributed by atoms with van der Waals surface area (Å²) >= 11 is 5.26. The quantitative estimate of drug-likeness (QED) is 0.742. The van der Waals surface area contributed by atoms with E-state index in [1.54, 1.807) is 6.20 Å². The normalized spacial score (nSPS) is 10.9. The maximum absolute atomic E-state index is 5.40. The van der Waals surface area contributed by atoms with Crippen LogP contribution in [0, 0.1) is 4.64 Å². The number of aromatic nitrogens is 3. The summed E-state index contributed by atoms with van der Waals surface area (Å²) in [7, 11) is 0. The Morgan fingerprint density at radius 2 is 2.19 bits per heavy atom. The predicted molar refractivity (Wildman–Crippen MR) is 85.5 cm³/mol. The number of hydrogen-bond acceptors (Lipinski definition) is 4. The maximum atomic E-state index is 5.40. The number of hydrogen-bond donors (Lipinski definition) is 1. The summed E-state index contributed by atoms with van der Waals surface area (Å²) in [4.78, 5) is 11.8. The molecular weight excluding hydrogens is 282 g/mol. The fraction of sp³-hybridized carbons (Fsp3) is 0.188. The van der Waals surface area contributed by atoms with E-state index < -0.39 is 0 Å². The van der Waals surface area contributed by atoms with Gasteiger partial charge in [-0.1, -0.05) is 30.4 Å². The Morgan fingerprint density at radius 1 is 1.29 bits per heavy atom. The van der Waals surface area contributed by atoms with E-state index in [4.69, 9.17) is 17.0 Å². The molecule has 0 bridgehead atoms. The van der Waals surface area contributed by atoms with Gasteiger partial charge in [0.2, 0.25) is 0 Å². The molecule has 0 saturated heterocycles. The van der Waals surface area contributed by atoms with Gasteiger partial charge in [-0.2, -0.15) is 0 Å². The standard InChI is InChI=1S/C16H15N3OS/c1-2-20-10-15-18-14(8-16(21)19-15)13-5-3-4-11-9-17-7-6-12(11)13/h3-9H,2,10H2,1H3,(H,18,19,21). The first kappa shape index (κ1) is 13.9. The molecule has 0 saturated carbocycles. The van der Waals surface area contributed by atoms with Crippen LogP contribution in [0.4, 0.5) is 0 Å². The predicted octanol–water partition coefficient (Wildman–Crippen LogP) is 3.89. The zero-order chi connectivity index (χ0) is 14.7. The summed E-state index contributed by atoms with van der Waals surface area (Å²) in [5.41, 5.74) is 2.03. The third kappa shape index (κ3) is 2.99. The molecule has 0 aliphatic heterocycles. The molecule has 1 N–H and O–H groups in total. The van der Waals surface area contributed by atoms with Gasteiger partial charge in [0.1, 0.15) is 17.1 Å². The number of H-pyrrole nitrogens is 1. The molecule has 3 aromatic rings. The van der Waals surface area contributed by atoms with Crippen molar-refractivity contribution < 1.29 is 4.74 Å². The molecule has 0 aliphatic carbocycles. The van der Waals surface area contributed by atoms with Crippen molar-refractivity contribution in [2.45, 2.75) is 13.5 Å². The number of aromatic amines is 1. The minimum atomic E-state index is 0.431. The average Bonchev–Trinajstić information content (AvgIpc) is 2.52. The number of nitrogens with one attached hydrogen (secondary N) is 1. The molecule has 0 amide bonds. The molecule has 1 aromatic carbocycles. The van der Waals surface area contributed by atoms with E-state index in [0.717, 1.165) is 27.9 Å². The summed E-state index contributed by atoms with van der Waals surface area (Å²) in [6.45, 7) is 3.03. The van der Waals surface area contributed by atoms with E-state index >= 15 is 0 Å². The van der Waals surface area contributed by atoms with Gasteiger partial charge >= 0.3 is 0 Å². The molecule has 106 valence electrons. The van der Waals surface area contributed by atoms with Crippen LogP contribution in [0.25, 0.3) is 22.0 Å². The van der Waals surface area contributed by atoms with Crippen molar-refractivity contribution >= 4 is 23.0 Å². The van der Waals surface area contributed by atoms with Gasteiger partial charge in [0.15, 0.2) is 0 Å². The second-order valence-corrected chi connectivity index (χ2v) is 5.04. The van der Waals surface area contributed by atoms with Crippen molar-refractivity contribution in [2.24, 2.45) is 0 Å². The van der Waals surface area contributed by atoms with E-state index in [1.165, 1.54) is 0 Å². The molecule has 21 heavy (non-hydrogen) atoms. The number of pyridine rings is 1. The van der Waals surface area contributed by atoms with Crippen LogP contribution in [0.15, 0.2) is 42.7 Å². The highest BCUT2D eigenvalue weighted by atomic mass is 32.1. The van der Waals surface area contributed by atoms with Gasteiger partial charge in [-0.3, -0.25) is 4.98 Å². The Balaban J connectivity index is 2.14. The van der Waals surface area contributed by atoms with Crippen molar-refractivity contribution in [3.63, 3.8) is 0 Å². The second-order valence-electron chi connectivity index (χ2n) is 4.62. The van der Waals surface area contributed by atoms with Gasteiger partial charge in [0.25, 0.3) is 0 Å². The molecule has 0 aliphatic rings. The summed E-state index contributed by atoms with van der Waals surface area (Å²) in [5.74, 6) is 0.741. The lowest BCUT2D eigenvalue weighted by Crippen LogP contribution is -2.00. The largest absolute Gasteiger partial charge is 0.374 e. The van der Waals surface area contributed by atoms with E-state index in [0.29, 0.717) is 17.9 Å². The highest BCUT2D eigenvalue weighted by Gasteiger charge is 2.06. The van der Waals surface area contributed by atoms with Gasteiger partial charge in [0, 0.05) is 30.0 Å². The number of fused-ring (bicyclic) bond motifs is 1. The first-order valence-corrected chi connectivity index (χ1v) is 7.20. The Morgan fingerprint density at radius 3 is 3.05 bits per heavy atom. The fourth-order valence-corrected chi connectivity index (χ4v) is 2.51.